The molecule has 0 aromatic heterocycles. The summed E-state index contributed by atoms with van der Waals surface area (Å²) in [7, 11) is 0. The van der Waals surface area contributed by atoms with Gasteiger partial charge in [0.25, 0.3) is 0 Å². The molecule has 0 bridgehead atoms. The normalized spacial score (nSPS) is 17.8. The highest BCUT2D eigenvalue weighted by Gasteiger charge is 2.39. The van der Waals surface area contributed by atoms with Crippen molar-refractivity contribution in [2.24, 2.45) is 0 Å². The van der Waals surface area contributed by atoms with Gasteiger partial charge in [0.1, 0.15) is 0 Å². The Kier molecular flexibility index (Phi) is 4.48. The van der Waals surface area contributed by atoms with Crippen LogP contribution in [0.4, 0.5) is 0 Å². The van der Waals surface area contributed by atoms with Crippen LogP contribution in [0, 0.1) is 0 Å². The van der Waals surface area contributed by atoms with E-state index in [-0.39, 0.29) is 12.0 Å². The summed E-state index contributed by atoms with van der Waals surface area (Å²) in [6, 6.07) is 8.83. The van der Waals surface area contributed by atoms with Crippen molar-refractivity contribution in [3.63, 3.8) is 0 Å². The number of aliphatic hydroxyl groups is 1. The molecule has 0 amide bonds. The monoisotopic (exact) mass is 252 g/mol. The maximum atomic E-state index is 8.97. The molecule has 0 atom stereocenters. The minimum Gasteiger partial charge on any atom is -0.396 e. The molecule has 0 spiro atoms. The molecule has 2 nitrogen and oxygen atoms in total. The predicted octanol–water partition coefficient (Wildman–Crippen LogP) is 2.84. The zero-order chi connectivity index (χ0) is 12.1. The van der Waals surface area contributed by atoms with Crippen LogP contribution in [0.3, 0.4) is 0 Å². The molecule has 3 heteroatoms. The summed E-state index contributed by atoms with van der Waals surface area (Å²) in [5.41, 5.74) is 1.52. The number of thioether (sulfide) groups is 1. The van der Waals surface area contributed by atoms with Crippen molar-refractivity contribution in [2.75, 3.05) is 25.6 Å². The first-order chi connectivity index (χ1) is 8.30. The average Bonchev–Trinajstić information content (AvgIpc) is 2.30. The number of benzene rings is 1. The van der Waals surface area contributed by atoms with Gasteiger partial charge in [0.2, 0.25) is 0 Å². The van der Waals surface area contributed by atoms with Gasteiger partial charge in [0, 0.05) is 16.9 Å². The van der Waals surface area contributed by atoms with E-state index in [0.29, 0.717) is 0 Å². The molecule has 1 aliphatic rings. The van der Waals surface area contributed by atoms with Crippen LogP contribution in [0.5, 0.6) is 0 Å². The standard InChI is InChI=1S/C14H20O2S/c1-2-17-13-6-4-12(5-7-13)14(8-3-9-15)10-16-11-14/h4-7,15H,2-3,8-11H2,1H3. The molecule has 0 saturated carbocycles. The van der Waals surface area contributed by atoms with Crippen LogP contribution < -0.4 is 0 Å². The van der Waals surface area contributed by atoms with Crippen LogP contribution >= 0.6 is 11.8 Å². The number of rotatable bonds is 6. The highest BCUT2D eigenvalue weighted by Crippen LogP contribution is 2.37. The molecule has 0 unspecified atom stereocenters. The fourth-order valence-corrected chi connectivity index (χ4v) is 2.95. The van der Waals surface area contributed by atoms with E-state index in [1.54, 1.807) is 0 Å². The summed E-state index contributed by atoms with van der Waals surface area (Å²) >= 11 is 1.87. The lowest BCUT2D eigenvalue weighted by Gasteiger charge is -2.42. The van der Waals surface area contributed by atoms with Crippen LogP contribution in [-0.2, 0) is 10.2 Å². The largest absolute Gasteiger partial charge is 0.396 e. The molecule has 17 heavy (non-hydrogen) atoms. The van der Waals surface area contributed by atoms with E-state index < -0.39 is 0 Å². The average molecular weight is 252 g/mol. The van der Waals surface area contributed by atoms with E-state index in [0.717, 1.165) is 31.8 Å². The summed E-state index contributed by atoms with van der Waals surface area (Å²) in [5, 5.41) is 8.97. The topological polar surface area (TPSA) is 29.5 Å². The molecule has 1 heterocycles. The maximum absolute atomic E-state index is 8.97. The zero-order valence-electron chi connectivity index (χ0n) is 10.3. The van der Waals surface area contributed by atoms with Gasteiger partial charge in [-0.3, -0.25) is 0 Å². The van der Waals surface area contributed by atoms with Crippen LogP contribution in [0.25, 0.3) is 0 Å². The molecule has 2 rings (SSSR count). The Bertz CT molecular complexity index is 344. The molecule has 1 aromatic rings. The molecule has 1 fully saturated rings. The Morgan fingerprint density at radius 3 is 2.47 bits per heavy atom. The first kappa shape index (κ1) is 12.9. The summed E-state index contributed by atoms with van der Waals surface area (Å²) in [4.78, 5) is 1.33. The van der Waals surface area contributed by atoms with E-state index in [1.165, 1.54) is 10.5 Å². The van der Waals surface area contributed by atoms with E-state index in [2.05, 4.69) is 31.2 Å². The highest BCUT2D eigenvalue weighted by molar-refractivity contribution is 7.99. The third-order valence-corrected chi connectivity index (χ3v) is 4.24. The fourth-order valence-electron chi connectivity index (χ4n) is 2.29. The number of aliphatic hydroxyl groups excluding tert-OH is 1. The van der Waals surface area contributed by atoms with Crippen molar-refractivity contribution in [2.45, 2.75) is 30.1 Å². The maximum Gasteiger partial charge on any atom is 0.0585 e. The van der Waals surface area contributed by atoms with E-state index in [9.17, 15) is 0 Å². The van der Waals surface area contributed by atoms with Crippen molar-refractivity contribution in [3.05, 3.63) is 29.8 Å². The number of hydrogen-bond donors (Lipinski definition) is 1. The molecule has 1 aromatic carbocycles. The smallest absolute Gasteiger partial charge is 0.0585 e. The molecule has 94 valence electrons. The highest BCUT2D eigenvalue weighted by atomic mass is 32.2. The molecule has 1 saturated heterocycles. The van der Waals surface area contributed by atoms with Gasteiger partial charge in [-0.15, -0.1) is 11.8 Å². The number of hydrogen-bond acceptors (Lipinski definition) is 3. The van der Waals surface area contributed by atoms with Gasteiger partial charge in [0.15, 0.2) is 0 Å². The van der Waals surface area contributed by atoms with Crippen molar-refractivity contribution in [1.29, 1.82) is 0 Å². The Labute approximate surface area is 107 Å². The first-order valence-electron chi connectivity index (χ1n) is 6.23. The minimum atomic E-state index is 0.165. The van der Waals surface area contributed by atoms with Gasteiger partial charge in [-0.2, -0.15) is 0 Å². The van der Waals surface area contributed by atoms with Crippen LogP contribution in [0.2, 0.25) is 0 Å². The Hall–Kier alpha value is -0.510. The molecule has 0 aliphatic carbocycles. The second-order valence-electron chi connectivity index (χ2n) is 4.56. The molecular weight excluding hydrogens is 232 g/mol. The third-order valence-electron chi connectivity index (χ3n) is 3.35. The van der Waals surface area contributed by atoms with Gasteiger partial charge in [-0.05, 0) is 36.3 Å². The SMILES string of the molecule is CCSc1ccc(C2(CCCO)COC2)cc1. The summed E-state index contributed by atoms with van der Waals surface area (Å²) in [6.45, 7) is 4.03. The minimum absolute atomic E-state index is 0.165. The molecule has 0 radical (unpaired) electrons. The quantitative estimate of drug-likeness (QED) is 0.789. The lowest BCUT2D eigenvalue weighted by molar-refractivity contribution is -0.0665. The van der Waals surface area contributed by atoms with E-state index >= 15 is 0 Å². The fraction of sp³-hybridized carbons (Fsp3) is 0.571. The summed E-state index contributed by atoms with van der Waals surface area (Å²) < 4.78 is 5.38. The van der Waals surface area contributed by atoms with E-state index in [1.807, 2.05) is 11.8 Å². The van der Waals surface area contributed by atoms with Crippen molar-refractivity contribution >= 4 is 11.8 Å². The Morgan fingerprint density at radius 1 is 1.29 bits per heavy atom. The third kappa shape index (κ3) is 2.84. The molecule has 1 N–H and O–H groups in total. The first-order valence-corrected chi connectivity index (χ1v) is 7.21. The van der Waals surface area contributed by atoms with Gasteiger partial charge >= 0.3 is 0 Å². The number of ether oxygens (including phenoxy) is 1. The molecule has 1 aliphatic heterocycles. The second kappa shape index (κ2) is 5.89. The van der Waals surface area contributed by atoms with Crippen molar-refractivity contribution in [1.82, 2.24) is 0 Å². The zero-order valence-corrected chi connectivity index (χ0v) is 11.1. The lowest BCUT2D eigenvalue weighted by atomic mass is 9.75. The van der Waals surface area contributed by atoms with Crippen molar-refractivity contribution in [3.8, 4) is 0 Å². The van der Waals surface area contributed by atoms with Crippen molar-refractivity contribution < 1.29 is 9.84 Å². The van der Waals surface area contributed by atoms with Gasteiger partial charge in [0.05, 0.1) is 13.2 Å². The summed E-state index contributed by atoms with van der Waals surface area (Å²) in [5.74, 6) is 1.11. The summed E-state index contributed by atoms with van der Waals surface area (Å²) in [6.07, 6.45) is 1.87. The predicted molar refractivity (Wildman–Crippen MR) is 71.7 cm³/mol. The second-order valence-corrected chi connectivity index (χ2v) is 5.90. The van der Waals surface area contributed by atoms with Gasteiger partial charge in [-0.25, -0.2) is 0 Å². The van der Waals surface area contributed by atoms with Crippen LogP contribution in [-0.4, -0.2) is 30.7 Å². The Morgan fingerprint density at radius 2 is 2.00 bits per heavy atom. The van der Waals surface area contributed by atoms with Gasteiger partial charge < -0.3 is 9.84 Å². The van der Waals surface area contributed by atoms with Crippen LogP contribution in [0.1, 0.15) is 25.3 Å². The van der Waals surface area contributed by atoms with Gasteiger partial charge in [-0.1, -0.05) is 19.1 Å². The molecular formula is C14H20O2S. The van der Waals surface area contributed by atoms with Crippen LogP contribution in [0.15, 0.2) is 29.2 Å². The van der Waals surface area contributed by atoms with E-state index in [4.69, 9.17) is 9.84 Å². The Balaban J connectivity index is 2.08. The lowest BCUT2D eigenvalue weighted by Crippen LogP contribution is -2.46.